The van der Waals surface area contributed by atoms with Gasteiger partial charge in [-0.1, -0.05) is 47.6 Å². The molecule has 0 amide bonds. The van der Waals surface area contributed by atoms with Gasteiger partial charge in [0.15, 0.2) is 5.75 Å². The Kier molecular flexibility index (Phi) is 5.82. The number of aryl methyl sites for hydroxylation is 1. The van der Waals surface area contributed by atoms with E-state index < -0.39 is 0 Å². The fourth-order valence-electron chi connectivity index (χ4n) is 3.15. The van der Waals surface area contributed by atoms with Crippen LogP contribution in [-0.4, -0.2) is 28.8 Å². The summed E-state index contributed by atoms with van der Waals surface area (Å²) in [7, 11) is 0. The topological polar surface area (TPSA) is 53.5 Å². The van der Waals surface area contributed by atoms with Crippen LogP contribution in [-0.2, 0) is 6.42 Å². The molecule has 2 aliphatic rings. The van der Waals surface area contributed by atoms with Crippen LogP contribution in [0.15, 0.2) is 36.7 Å². The number of fused-ring (bicyclic) bond motifs is 2. The van der Waals surface area contributed by atoms with E-state index in [-0.39, 0.29) is 16.9 Å². The van der Waals surface area contributed by atoms with Crippen LogP contribution in [0.3, 0.4) is 0 Å². The first-order valence-electron chi connectivity index (χ1n) is 9.99. The van der Waals surface area contributed by atoms with E-state index in [2.05, 4.69) is 57.6 Å². The van der Waals surface area contributed by atoms with Gasteiger partial charge < -0.3 is 14.2 Å². The van der Waals surface area contributed by atoms with Crippen LogP contribution in [0, 0.1) is 10.8 Å². The fraction of sp³-hybridized carbons (Fsp3) is 0.565. The Hall–Kier alpha value is -2.30. The Morgan fingerprint density at radius 3 is 2.11 bits per heavy atom. The van der Waals surface area contributed by atoms with Gasteiger partial charge in [-0.3, -0.25) is 0 Å². The van der Waals surface area contributed by atoms with Crippen molar-refractivity contribution in [2.24, 2.45) is 10.8 Å². The quantitative estimate of drug-likeness (QED) is 0.633. The predicted molar refractivity (Wildman–Crippen MR) is 110 cm³/mol. The van der Waals surface area contributed by atoms with Crippen molar-refractivity contribution in [3.8, 4) is 17.5 Å². The standard InChI is InChI=1S/C12H17NO.C11H15NO2/c1-12(2,3)10-7-6-9-5-4-8-13-11(9)14-10;1-11(2,3)9-7-13-8-5-4-6-12-10(8)14-9/h4-5,8,10H,6-7H2,1-3H3;4-6,9H,7H2,1-3H3. The minimum absolute atomic E-state index is 0.0740. The average Bonchev–Trinajstić information content (AvgIpc) is 2.66. The molecule has 4 heterocycles. The van der Waals surface area contributed by atoms with Gasteiger partial charge in [-0.2, -0.15) is 0 Å². The highest BCUT2D eigenvalue weighted by molar-refractivity contribution is 5.34. The molecule has 2 aromatic heterocycles. The van der Waals surface area contributed by atoms with Crippen LogP contribution < -0.4 is 14.2 Å². The van der Waals surface area contributed by atoms with Gasteiger partial charge in [0.2, 0.25) is 5.88 Å². The number of nitrogens with zero attached hydrogens (tertiary/aromatic N) is 2. The highest BCUT2D eigenvalue weighted by Gasteiger charge is 2.32. The van der Waals surface area contributed by atoms with Crippen LogP contribution >= 0.6 is 0 Å². The highest BCUT2D eigenvalue weighted by atomic mass is 16.6. The zero-order valence-electron chi connectivity index (χ0n) is 17.9. The number of hydrogen-bond donors (Lipinski definition) is 0. The molecule has 28 heavy (non-hydrogen) atoms. The first-order valence-corrected chi connectivity index (χ1v) is 9.99. The summed E-state index contributed by atoms with van der Waals surface area (Å²) < 4.78 is 17.2. The van der Waals surface area contributed by atoms with Crippen molar-refractivity contribution < 1.29 is 14.2 Å². The van der Waals surface area contributed by atoms with Gasteiger partial charge in [0, 0.05) is 23.4 Å². The minimum atomic E-state index is 0.0740. The van der Waals surface area contributed by atoms with E-state index in [1.807, 2.05) is 18.2 Å². The van der Waals surface area contributed by atoms with Gasteiger partial charge in [-0.15, -0.1) is 0 Å². The molecule has 2 unspecified atom stereocenters. The predicted octanol–water partition coefficient (Wildman–Crippen LogP) is 5.09. The Morgan fingerprint density at radius 1 is 0.821 bits per heavy atom. The second kappa shape index (κ2) is 7.98. The van der Waals surface area contributed by atoms with Crippen LogP contribution in [0.4, 0.5) is 0 Å². The maximum absolute atomic E-state index is 5.89. The Balaban J connectivity index is 0.000000161. The molecular weight excluding hydrogens is 352 g/mol. The molecule has 0 aliphatic carbocycles. The van der Waals surface area contributed by atoms with Crippen molar-refractivity contribution in [1.82, 2.24) is 9.97 Å². The first kappa shape index (κ1) is 20.4. The third kappa shape index (κ3) is 4.94. The van der Waals surface area contributed by atoms with Gasteiger partial charge in [0.1, 0.15) is 18.8 Å². The van der Waals surface area contributed by atoms with E-state index in [4.69, 9.17) is 14.2 Å². The van der Waals surface area contributed by atoms with Gasteiger partial charge >= 0.3 is 0 Å². The normalized spacial score (nSPS) is 20.9. The van der Waals surface area contributed by atoms with Gasteiger partial charge in [-0.05, 0) is 36.5 Å². The Labute approximate surface area is 168 Å². The van der Waals surface area contributed by atoms with E-state index in [9.17, 15) is 0 Å². The summed E-state index contributed by atoms with van der Waals surface area (Å²) in [5.74, 6) is 2.19. The monoisotopic (exact) mass is 384 g/mol. The summed E-state index contributed by atoms with van der Waals surface area (Å²) in [5, 5.41) is 0. The third-order valence-electron chi connectivity index (χ3n) is 5.09. The lowest BCUT2D eigenvalue weighted by atomic mass is 9.84. The van der Waals surface area contributed by atoms with E-state index >= 15 is 0 Å². The molecule has 0 saturated heterocycles. The van der Waals surface area contributed by atoms with Crippen molar-refractivity contribution in [2.45, 2.75) is 66.6 Å². The second-order valence-electron chi connectivity index (χ2n) is 9.57. The van der Waals surface area contributed by atoms with E-state index in [0.29, 0.717) is 18.6 Å². The number of hydrogen-bond acceptors (Lipinski definition) is 5. The van der Waals surface area contributed by atoms with Crippen molar-refractivity contribution in [3.05, 3.63) is 42.2 Å². The third-order valence-corrected chi connectivity index (χ3v) is 5.09. The fourth-order valence-corrected chi connectivity index (χ4v) is 3.15. The molecule has 2 aliphatic heterocycles. The van der Waals surface area contributed by atoms with Gasteiger partial charge in [0.05, 0.1) is 0 Å². The van der Waals surface area contributed by atoms with Crippen LogP contribution in [0.2, 0.25) is 0 Å². The lowest BCUT2D eigenvalue weighted by molar-refractivity contribution is 0.0119. The number of rotatable bonds is 0. The molecule has 0 spiro atoms. The molecule has 0 bridgehead atoms. The maximum atomic E-state index is 5.89. The highest BCUT2D eigenvalue weighted by Crippen LogP contribution is 2.34. The van der Waals surface area contributed by atoms with Gasteiger partial charge in [0.25, 0.3) is 5.88 Å². The zero-order valence-corrected chi connectivity index (χ0v) is 17.9. The number of ether oxygens (including phenoxy) is 3. The number of pyridine rings is 2. The summed E-state index contributed by atoms with van der Waals surface area (Å²) in [6.45, 7) is 13.6. The summed E-state index contributed by atoms with van der Waals surface area (Å²) in [4.78, 5) is 8.40. The molecule has 0 N–H and O–H groups in total. The molecule has 4 rings (SSSR count). The molecule has 0 saturated carbocycles. The molecule has 5 nitrogen and oxygen atoms in total. The molecule has 2 atom stereocenters. The molecule has 152 valence electrons. The molecular formula is C23H32N2O3. The van der Waals surface area contributed by atoms with E-state index in [1.54, 1.807) is 12.4 Å². The lowest BCUT2D eigenvalue weighted by Gasteiger charge is -2.34. The maximum Gasteiger partial charge on any atom is 0.257 e. The van der Waals surface area contributed by atoms with E-state index in [1.165, 1.54) is 5.56 Å². The smallest absolute Gasteiger partial charge is 0.257 e. The summed E-state index contributed by atoms with van der Waals surface area (Å²) in [6.07, 6.45) is 6.07. The van der Waals surface area contributed by atoms with E-state index in [0.717, 1.165) is 24.5 Å². The molecule has 5 heteroatoms. The van der Waals surface area contributed by atoms with Crippen LogP contribution in [0.25, 0.3) is 0 Å². The average molecular weight is 385 g/mol. The molecule has 2 aromatic rings. The van der Waals surface area contributed by atoms with Crippen molar-refractivity contribution in [1.29, 1.82) is 0 Å². The number of aromatic nitrogens is 2. The van der Waals surface area contributed by atoms with Gasteiger partial charge in [-0.25, -0.2) is 9.97 Å². The Morgan fingerprint density at radius 2 is 1.43 bits per heavy atom. The van der Waals surface area contributed by atoms with Crippen molar-refractivity contribution in [2.75, 3.05) is 6.61 Å². The Bertz CT molecular complexity index is 725. The second-order valence-corrected chi connectivity index (χ2v) is 9.57. The van der Waals surface area contributed by atoms with Crippen molar-refractivity contribution in [3.63, 3.8) is 0 Å². The first-order chi connectivity index (χ1) is 13.1. The summed E-state index contributed by atoms with van der Waals surface area (Å²) in [6, 6.07) is 7.79. The molecule has 0 aromatic carbocycles. The molecule has 0 fully saturated rings. The minimum Gasteiger partial charge on any atom is -0.484 e. The summed E-state index contributed by atoms with van der Waals surface area (Å²) >= 11 is 0. The van der Waals surface area contributed by atoms with Crippen LogP contribution in [0.1, 0.15) is 53.5 Å². The SMILES string of the molecule is CC(C)(C)C1CCc2cccnc2O1.CC(C)(C)C1COc2cccnc2O1. The zero-order chi connectivity index (χ0) is 20.4. The lowest BCUT2D eigenvalue weighted by Crippen LogP contribution is -2.40. The molecule has 0 radical (unpaired) electrons. The van der Waals surface area contributed by atoms with Crippen LogP contribution in [0.5, 0.6) is 17.5 Å². The largest absolute Gasteiger partial charge is 0.484 e. The van der Waals surface area contributed by atoms with Crippen molar-refractivity contribution >= 4 is 0 Å². The summed E-state index contributed by atoms with van der Waals surface area (Å²) in [5.41, 5.74) is 1.53.